The number of hydrogen-bond donors (Lipinski definition) is 4. The molecule has 246 valence electrons. The summed E-state index contributed by atoms with van der Waals surface area (Å²) in [5.41, 5.74) is 3.73. The molecular weight excluding hydrogens is 610 g/mol. The molecule has 0 aliphatic carbocycles. The van der Waals surface area contributed by atoms with Crippen LogP contribution in [0.4, 0.5) is 8.78 Å². The number of carbonyl (C=O) groups excluding carboxylic acids is 2. The van der Waals surface area contributed by atoms with Crippen molar-refractivity contribution >= 4 is 23.9 Å². The number of nitrogens with zero attached hydrogens (tertiary/aromatic N) is 1. The molecule has 11 heteroatoms. The van der Waals surface area contributed by atoms with Crippen LogP contribution in [0.25, 0.3) is 28.3 Å². The molecule has 0 bridgehead atoms. The standard InChI is InChI=1S/C36H36F2N2O7/c1-21(2)40-30(17-16-28(41)18-29(42)19-31(43)44)32(23-8-12-26(37)13-9-23)33(24-10-14-27(38)15-11-24)34(40)35(45)39-20-22-4-6-25(7-5-22)36(46)47-3/h4-17,21,28-29,41-42H,18-20H2,1-3H3,(H,39,45)(H,43,44)/b17-16+/t28-,29-/m1/s1. The topological polar surface area (TPSA) is 138 Å². The lowest BCUT2D eigenvalue weighted by molar-refractivity contribution is -0.139. The Morgan fingerprint density at radius 1 is 0.872 bits per heavy atom. The fourth-order valence-corrected chi connectivity index (χ4v) is 5.32. The number of methoxy groups -OCH3 is 1. The van der Waals surface area contributed by atoms with Gasteiger partial charge in [-0.2, -0.15) is 0 Å². The molecule has 0 saturated carbocycles. The zero-order valence-corrected chi connectivity index (χ0v) is 26.1. The number of aromatic nitrogens is 1. The number of carboxylic acid groups (broad SMARTS) is 1. The van der Waals surface area contributed by atoms with E-state index >= 15 is 0 Å². The summed E-state index contributed by atoms with van der Waals surface area (Å²) < 4.78 is 34.7. The van der Waals surface area contributed by atoms with Crippen LogP contribution in [-0.2, 0) is 16.1 Å². The van der Waals surface area contributed by atoms with Crippen molar-refractivity contribution in [1.82, 2.24) is 9.88 Å². The molecule has 0 aliphatic rings. The fourth-order valence-electron chi connectivity index (χ4n) is 5.32. The second-order valence-corrected chi connectivity index (χ2v) is 11.2. The van der Waals surface area contributed by atoms with Gasteiger partial charge >= 0.3 is 11.9 Å². The van der Waals surface area contributed by atoms with Gasteiger partial charge in [0.1, 0.15) is 17.3 Å². The Morgan fingerprint density at radius 3 is 1.94 bits per heavy atom. The summed E-state index contributed by atoms with van der Waals surface area (Å²) in [6, 6.07) is 17.5. The highest BCUT2D eigenvalue weighted by molar-refractivity contribution is 6.06. The molecule has 3 aromatic carbocycles. The average molecular weight is 647 g/mol. The number of aliphatic carboxylic acids is 1. The van der Waals surface area contributed by atoms with E-state index in [4.69, 9.17) is 9.84 Å². The Hall–Kier alpha value is -5.13. The van der Waals surface area contributed by atoms with Crippen molar-refractivity contribution in [2.45, 2.75) is 51.5 Å². The zero-order valence-electron chi connectivity index (χ0n) is 26.1. The van der Waals surface area contributed by atoms with Crippen molar-refractivity contribution in [3.8, 4) is 22.3 Å². The van der Waals surface area contributed by atoms with E-state index in [-0.39, 0.29) is 24.7 Å². The van der Waals surface area contributed by atoms with Gasteiger partial charge in [0.25, 0.3) is 5.91 Å². The molecule has 1 heterocycles. The summed E-state index contributed by atoms with van der Waals surface area (Å²) in [6.45, 7) is 3.81. The number of carboxylic acids is 1. The summed E-state index contributed by atoms with van der Waals surface area (Å²) in [5, 5.41) is 32.7. The van der Waals surface area contributed by atoms with Crippen molar-refractivity contribution in [3.05, 3.63) is 113 Å². The number of hydrogen-bond acceptors (Lipinski definition) is 6. The van der Waals surface area contributed by atoms with Crippen molar-refractivity contribution < 1.29 is 43.2 Å². The molecular formula is C36H36F2N2O7. The number of aliphatic hydroxyl groups is 2. The predicted octanol–water partition coefficient (Wildman–Crippen LogP) is 6.00. The van der Waals surface area contributed by atoms with E-state index in [1.807, 2.05) is 13.8 Å². The van der Waals surface area contributed by atoms with E-state index in [0.29, 0.717) is 39.1 Å². The van der Waals surface area contributed by atoms with E-state index in [2.05, 4.69) is 5.32 Å². The van der Waals surface area contributed by atoms with Crippen LogP contribution in [0.1, 0.15) is 64.8 Å². The predicted molar refractivity (Wildman–Crippen MR) is 172 cm³/mol. The number of amides is 1. The molecule has 4 N–H and O–H groups in total. The second kappa shape index (κ2) is 15.4. The molecule has 0 fully saturated rings. The first kappa shape index (κ1) is 34.7. The van der Waals surface area contributed by atoms with E-state index in [1.54, 1.807) is 47.0 Å². The normalized spacial score (nSPS) is 12.7. The van der Waals surface area contributed by atoms with Crippen LogP contribution < -0.4 is 5.32 Å². The maximum atomic E-state index is 14.2. The van der Waals surface area contributed by atoms with Crippen LogP contribution in [0.15, 0.2) is 78.9 Å². The first-order valence-corrected chi connectivity index (χ1v) is 14.9. The Balaban J connectivity index is 1.88. The molecule has 4 rings (SSSR count). The number of aliphatic hydroxyl groups excluding tert-OH is 2. The van der Waals surface area contributed by atoms with E-state index in [9.17, 15) is 33.4 Å². The molecule has 1 aromatic heterocycles. The number of nitrogens with one attached hydrogen (secondary N) is 1. The van der Waals surface area contributed by atoms with Gasteiger partial charge in [0.2, 0.25) is 0 Å². The highest BCUT2D eigenvalue weighted by Crippen LogP contribution is 2.42. The summed E-state index contributed by atoms with van der Waals surface area (Å²) in [4.78, 5) is 37.0. The van der Waals surface area contributed by atoms with Crippen LogP contribution in [0.2, 0.25) is 0 Å². The number of esters is 1. The maximum Gasteiger partial charge on any atom is 0.337 e. The van der Waals surface area contributed by atoms with Crippen molar-refractivity contribution in [3.63, 3.8) is 0 Å². The van der Waals surface area contributed by atoms with Crippen LogP contribution >= 0.6 is 0 Å². The van der Waals surface area contributed by atoms with E-state index < -0.39 is 48.1 Å². The average Bonchev–Trinajstić information content (AvgIpc) is 3.38. The van der Waals surface area contributed by atoms with Gasteiger partial charge in [-0.3, -0.25) is 9.59 Å². The molecule has 9 nitrogen and oxygen atoms in total. The van der Waals surface area contributed by atoms with Crippen molar-refractivity contribution in [2.24, 2.45) is 0 Å². The second-order valence-electron chi connectivity index (χ2n) is 11.2. The van der Waals surface area contributed by atoms with E-state index in [0.717, 1.165) is 0 Å². The van der Waals surface area contributed by atoms with Crippen LogP contribution in [0, 0.1) is 11.6 Å². The van der Waals surface area contributed by atoms with Crippen molar-refractivity contribution in [2.75, 3.05) is 7.11 Å². The molecule has 2 atom stereocenters. The van der Waals surface area contributed by atoms with Crippen LogP contribution in [-0.4, -0.2) is 57.1 Å². The van der Waals surface area contributed by atoms with Gasteiger partial charge in [-0.05, 0) is 73.0 Å². The van der Waals surface area contributed by atoms with E-state index in [1.165, 1.54) is 49.6 Å². The molecule has 0 saturated heterocycles. The van der Waals surface area contributed by atoms with Gasteiger partial charge < -0.3 is 29.9 Å². The van der Waals surface area contributed by atoms with Crippen molar-refractivity contribution in [1.29, 1.82) is 0 Å². The number of ether oxygens (including phenoxy) is 1. The number of rotatable bonds is 13. The molecule has 1 amide bonds. The lowest BCUT2D eigenvalue weighted by Crippen LogP contribution is -2.27. The Labute approximate surface area is 270 Å². The molecule has 0 unspecified atom stereocenters. The lowest BCUT2D eigenvalue weighted by Gasteiger charge is -2.17. The third kappa shape index (κ3) is 8.57. The monoisotopic (exact) mass is 646 g/mol. The fraction of sp³-hybridized carbons (Fsp3) is 0.250. The summed E-state index contributed by atoms with van der Waals surface area (Å²) >= 11 is 0. The minimum Gasteiger partial charge on any atom is -0.481 e. The third-order valence-electron chi connectivity index (χ3n) is 7.47. The lowest BCUT2D eigenvalue weighted by atomic mass is 9.94. The maximum absolute atomic E-state index is 14.2. The summed E-state index contributed by atoms with van der Waals surface area (Å²) in [6.07, 6.45) is -0.348. The number of benzene rings is 3. The number of carbonyl (C=O) groups is 3. The Morgan fingerprint density at radius 2 is 1.43 bits per heavy atom. The van der Waals surface area contributed by atoms with Gasteiger partial charge in [0, 0.05) is 35.8 Å². The zero-order chi connectivity index (χ0) is 34.2. The SMILES string of the molecule is COC(=O)c1ccc(CNC(=O)c2c(-c3ccc(F)cc3)c(-c3ccc(F)cc3)c(/C=C/[C@@H](O)C[C@@H](O)CC(=O)O)n2C(C)C)cc1. The molecule has 0 radical (unpaired) electrons. The summed E-state index contributed by atoms with van der Waals surface area (Å²) in [5.74, 6) is -3.13. The molecule has 0 aliphatic heterocycles. The molecule has 47 heavy (non-hydrogen) atoms. The quantitative estimate of drug-likeness (QED) is 0.131. The first-order chi connectivity index (χ1) is 22.4. The third-order valence-corrected chi connectivity index (χ3v) is 7.47. The van der Waals surface area contributed by atoms with Crippen LogP contribution in [0.5, 0.6) is 0 Å². The summed E-state index contributed by atoms with van der Waals surface area (Å²) in [7, 11) is 1.28. The Bertz CT molecular complexity index is 1750. The number of halogens is 2. The van der Waals surface area contributed by atoms with Gasteiger partial charge in [-0.25, -0.2) is 13.6 Å². The van der Waals surface area contributed by atoms with Gasteiger partial charge in [0.05, 0.1) is 31.3 Å². The molecule has 0 spiro atoms. The van der Waals surface area contributed by atoms with Crippen LogP contribution in [0.3, 0.4) is 0 Å². The molecule has 4 aromatic rings. The van der Waals surface area contributed by atoms with Gasteiger partial charge in [0.15, 0.2) is 0 Å². The highest BCUT2D eigenvalue weighted by Gasteiger charge is 2.29. The van der Waals surface area contributed by atoms with Gasteiger partial charge in [-0.15, -0.1) is 0 Å². The smallest absolute Gasteiger partial charge is 0.337 e. The highest BCUT2D eigenvalue weighted by atomic mass is 19.1. The van der Waals surface area contributed by atoms with Gasteiger partial charge in [-0.1, -0.05) is 42.5 Å². The first-order valence-electron chi connectivity index (χ1n) is 14.9. The minimum absolute atomic E-state index is 0.101. The Kier molecular flexibility index (Phi) is 11.4. The largest absolute Gasteiger partial charge is 0.481 e. The minimum atomic E-state index is -1.29.